The average Bonchev–Trinajstić information content (AvgIpc) is 2.99. The lowest BCUT2D eigenvalue weighted by atomic mass is 10.2. The molecule has 3 aromatic rings. The number of nitrogens with zero attached hydrogens (tertiary/aromatic N) is 5. The van der Waals surface area contributed by atoms with E-state index < -0.39 is 0 Å². The Kier molecular flexibility index (Phi) is 3.97. The van der Waals surface area contributed by atoms with Crippen molar-refractivity contribution in [2.75, 3.05) is 0 Å². The second kappa shape index (κ2) is 6.23. The first-order valence-corrected chi connectivity index (χ1v) is 6.78. The van der Waals surface area contributed by atoms with E-state index in [0.29, 0.717) is 6.54 Å². The normalized spacial score (nSPS) is 10.7. The van der Waals surface area contributed by atoms with E-state index in [4.69, 9.17) is 0 Å². The van der Waals surface area contributed by atoms with Gasteiger partial charge in [0, 0.05) is 18.4 Å². The molecule has 0 bridgehead atoms. The molecule has 0 aliphatic rings. The van der Waals surface area contributed by atoms with Crippen LogP contribution in [0.4, 0.5) is 0 Å². The highest BCUT2D eigenvalue weighted by atomic mass is 15.5. The summed E-state index contributed by atoms with van der Waals surface area (Å²) in [5, 5.41) is 15.2. The highest BCUT2D eigenvalue weighted by molar-refractivity contribution is 5.30. The van der Waals surface area contributed by atoms with Crippen molar-refractivity contribution in [3.05, 3.63) is 65.7 Å². The number of hydrogen-bond acceptors (Lipinski definition) is 5. The quantitative estimate of drug-likeness (QED) is 0.769. The van der Waals surface area contributed by atoms with Crippen LogP contribution in [0.25, 0.3) is 5.69 Å². The zero-order valence-corrected chi connectivity index (χ0v) is 11.8. The summed E-state index contributed by atoms with van der Waals surface area (Å²) >= 11 is 0. The predicted molar refractivity (Wildman–Crippen MR) is 78.7 cm³/mol. The second-order valence-corrected chi connectivity index (χ2v) is 4.75. The topological polar surface area (TPSA) is 68.5 Å². The Morgan fingerprint density at radius 2 is 1.90 bits per heavy atom. The van der Waals surface area contributed by atoms with Gasteiger partial charge in [0.25, 0.3) is 0 Å². The maximum absolute atomic E-state index is 4.27. The molecule has 3 rings (SSSR count). The van der Waals surface area contributed by atoms with Crippen molar-refractivity contribution in [1.29, 1.82) is 0 Å². The fourth-order valence-electron chi connectivity index (χ4n) is 2.01. The molecule has 0 amide bonds. The van der Waals surface area contributed by atoms with Crippen molar-refractivity contribution in [3.8, 4) is 5.69 Å². The first kappa shape index (κ1) is 13.4. The third-order valence-corrected chi connectivity index (χ3v) is 3.12. The fraction of sp³-hybridized carbons (Fsp3) is 0.200. The summed E-state index contributed by atoms with van der Waals surface area (Å²) in [6.07, 6.45) is 1.88. The number of aryl methyl sites for hydroxylation is 1. The van der Waals surface area contributed by atoms with Gasteiger partial charge in [-0.1, -0.05) is 24.3 Å². The number of rotatable bonds is 5. The van der Waals surface area contributed by atoms with Gasteiger partial charge in [0.05, 0.1) is 12.2 Å². The number of hydrogen-bond donors (Lipinski definition) is 1. The molecule has 0 atom stereocenters. The Bertz CT molecular complexity index is 690. The Morgan fingerprint density at radius 1 is 1.05 bits per heavy atom. The van der Waals surface area contributed by atoms with Gasteiger partial charge in [-0.2, -0.15) is 4.68 Å². The molecule has 21 heavy (non-hydrogen) atoms. The summed E-state index contributed by atoms with van der Waals surface area (Å²) < 4.78 is 1.74. The molecule has 1 N–H and O–H groups in total. The van der Waals surface area contributed by atoms with Gasteiger partial charge < -0.3 is 5.32 Å². The molecule has 106 valence electrons. The van der Waals surface area contributed by atoms with Crippen LogP contribution in [0, 0.1) is 6.92 Å². The highest BCUT2D eigenvalue weighted by Crippen LogP contribution is 2.07. The van der Waals surface area contributed by atoms with E-state index in [1.165, 1.54) is 0 Å². The predicted octanol–water partition coefficient (Wildman–Crippen LogP) is 1.66. The highest BCUT2D eigenvalue weighted by Gasteiger charge is 2.07. The molecular weight excluding hydrogens is 264 g/mol. The summed E-state index contributed by atoms with van der Waals surface area (Å²) in [4.78, 5) is 4.27. The zero-order chi connectivity index (χ0) is 14.5. The van der Waals surface area contributed by atoms with Gasteiger partial charge in [-0.3, -0.25) is 4.98 Å². The third-order valence-electron chi connectivity index (χ3n) is 3.12. The van der Waals surface area contributed by atoms with Gasteiger partial charge >= 0.3 is 0 Å². The lowest BCUT2D eigenvalue weighted by Crippen LogP contribution is -2.16. The summed E-state index contributed by atoms with van der Waals surface area (Å²) in [6, 6.07) is 13.9. The molecule has 2 aromatic heterocycles. The van der Waals surface area contributed by atoms with E-state index in [9.17, 15) is 0 Å². The van der Waals surface area contributed by atoms with E-state index in [-0.39, 0.29) is 0 Å². The molecule has 0 saturated carbocycles. The Hall–Kier alpha value is -2.60. The smallest absolute Gasteiger partial charge is 0.170 e. The maximum atomic E-state index is 4.27. The number of para-hydroxylation sites is 1. The van der Waals surface area contributed by atoms with E-state index in [1.807, 2.05) is 49.5 Å². The Morgan fingerprint density at radius 3 is 2.67 bits per heavy atom. The van der Waals surface area contributed by atoms with Crippen molar-refractivity contribution < 1.29 is 0 Å². The van der Waals surface area contributed by atoms with Crippen LogP contribution in [0.3, 0.4) is 0 Å². The molecule has 2 heterocycles. The van der Waals surface area contributed by atoms with Crippen molar-refractivity contribution in [2.24, 2.45) is 0 Å². The molecule has 0 aliphatic heterocycles. The number of pyridine rings is 1. The molecule has 6 nitrogen and oxygen atoms in total. The third kappa shape index (κ3) is 3.29. The molecule has 0 radical (unpaired) electrons. The second-order valence-electron chi connectivity index (χ2n) is 4.75. The molecule has 1 aromatic carbocycles. The number of aromatic nitrogens is 5. The van der Waals surface area contributed by atoms with Crippen LogP contribution in [-0.4, -0.2) is 25.2 Å². The van der Waals surface area contributed by atoms with Crippen LogP contribution in [0.1, 0.15) is 17.1 Å². The molecule has 6 heteroatoms. The molecule has 0 saturated heterocycles. The lowest BCUT2D eigenvalue weighted by molar-refractivity contribution is 0.640. The van der Waals surface area contributed by atoms with Crippen LogP contribution < -0.4 is 5.32 Å². The SMILES string of the molecule is Cc1ccc(CNCc2nnnn2-c2ccccc2)cn1. The van der Waals surface area contributed by atoms with Gasteiger partial charge in [0.15, 0.2) is 5.82 Å². The maximum Gasteiger partial charge on any atom is 0.170 e. The largest absolute Gasteiger partial charge is 0.306 e. The minimum absolute atomic E-state index is 0.593. The molecule has 0 fully saturated rings. The number of tetrazole rings is 1. The van der Waals surface area contributed by atoms with Crippen LogP contribution in [0.5, 0.6) is 0 Å². The van der Waals surface area contributed by atoms with Crippen LogP contribution in [0.2, 0.25) is 0 Å². The minimum Gasteiger partial charge on any atom is -0.306 e. The van der Waals surface area contributed by atoms with Gasteiger partial charge in [-0.05, 0) is 41.1 Å². The summed E-state index contributed by atoms with van der Waals surface area (Å²) in [5.74, 6) is 0.779. The first-order chi connectivity index (χ1) is 10.3. The standard InChI is InChI=1S/C15H16N6/c1-12-7-8-13(10-17-12)9-16-11-15-18-19-20-21(15)14-5-3-2-4-6-14/h2-8,10,16H,9,11H2,1H3. The van der Waals surface area contributed by atoms with E-state index in [0.717, 1.165) is 29.3 Å². The monoisotopic (exact) mass is 280 g/mol. The zero-order valence-electron chi connectivity index (χ0n) is 11.8. The molecule has 0 spiro atoms. The van der Waals surface area contributed by atoms with Gasteiger partial charge in [-0.25, -0.2) is 0 Å². The summed E-state index contributed by atoms with van der Waals surface area (Å²) in [6.45, 7) is 3.30. The lowest BCUT2D eigenvalue weighted by Gasteiger charge is -2.06. The summed E-state index contributed by atoms with van der Waals surface area (Å²) in [5.41, 5.74) is 3.11. The number of benzene rings is 1. The summed E-state index contributed by atoms with van der Waals surface area (Å²) in [7, 11) is 0. The van der Waals surface area contributed by atoms with Crippen LogP contribution in [-0.2, 0) is 13.1 Å². The van der Waals surface area contributed by atoms with Crippen molar-refractivity contribution in [2.45, 2.75) is 20.0 Å². The van der Waals surface area contributed by atoms with Crippen molar-refractivity contribution >= 4 is 0 Å². The van der Waals surface area contributed by atoms with Crippen molar-refractivity contribution in [1.82, 2.24) is 30.5 Å². The van der Waals surface area contributed by atoms with Gasteiger partial charge in [-0.15, -0.1) is 5.10 Å². The van der Waals surface area contributed by atoms with Crippen LogP contribution in [0.15, 0.2) is 48.7 Å². The molecular formula is C15H16N6. The number of nitrogens with one attached hydrogen (secondary N) is 1. The van der Waals surface area contributed by atoms with Crippen molar-refractivity contribution in [3.63, 3.8) is 0 Å². The van der Waals surface area contributed by atoms with E-state index in [2.05, 4.69) is 31.9 Å². The fourth-order valence-corrected chi connectivity index (χ4v) is 2.01. The van der Waals surface area contributed by atoms with E-state index in [1.54, 1.807) is 4.68 Å². The first-order valence-electron chi connectivity index (χ1n) is 6.78. The average molecular weight is 280 g/mol. The van der Waals surface area contributed by atoms with Gasteiger partial charge in [0.2, 0.25) is 0 Å². The Labute approximate surface area is 122 Å². The molecule has 0 unspecified atom stereocenters. The Balaban J connectivity index is 1.64. The minimum atomic E-state index is 0.593. The molecule has 0 aliphatic carbocycles. The van der Waals surface area contributed by atoms with Gasteiger partial charge in [0.1, 0.15) is 0 Å². The van der Waals surface area contributed by atoms with Crippen LogP contribution >= 0.6 is 0 Å². The van der Waals surface area contributed by atoms with E-state index >= 15 is 0 Å².